The summed E-state index contributed by atoms with van der Waals surface area (Å²) in [6, 6.07) is 9.01. The van der Waals surface area contributed by atoms with Crippen LogP contribution in [0.5, 0.6) is 5.75 Å². The summed E-state index contributed by atoms with van der Waals surface area (Å²) in [5.74, 6) is 2.61. The number of halogens is 1. The third-order valence-corrected chi connectivity index (χ3v) is 7.76. The van der Waals surface area contributed by atoms with Crippen molar-refractivity contribution in [1.29, 1.82) is 5.26 Å². The van der Waals surface area contributed by atoms with Gasteiger partial charge in [0.25, 0.3) is 0 Å². The van der Waals surface area contributed by atoms with Gasteiger partial charge in [0.1, 0.15) is 17.6 Å². The Labute approximate surface area is 224 Å². The minimum atomic E-state index is -3.89. The number of nitrogens with one attached hydrogen (secondary N) is 1. The van der Waals surface area contributed by atoms with E-state index in [0.29, 0.717) is 42.3 Å². The van der Waals surface area contributed by atoms with Gasteiger partial charge in [0.15, 0.2) is 0 Å². The second-order valence-corrected chi connectivity index (χ2v) is 10.3. The van der Waals surface area contributed by atoms with Gasteiger partial charge in [0.2, 0.25) is 5.95 Å². The minimum Gasteiger partial charge on any atom is -0.492 e. The van der Waals surface area contributed by atoms with E-state index in [1.54, 1.807) is 16.9 Å². The molecule has 0 unspecified atom stereocenters. The van der Waals surface area contributed by atoms with E-state index >= 15 is 0 Å². The van der Waals surface area contributed by atoms with E-state index in [2.05, 4.69) is 31.8 Å². The number of nitrogens with zero attached hydrogens (tertiary/aromatic N) is 7. The number of ether oxygens (including phenoxy) is 1. The zero-order valence-electron chi connectivity index (χ0n) is 20.9. The number of terminal acetylenes is 1. The summed E-state index contributed by atoms with van der Waals surface area (Å²) < 4.78 is 50.3. The highest BCUT2D eigenvalue weighted by molar-refractivity contribution is 7.90. The summed E-state index contributed by atoms with van der Waals surface area (Å²) in [5.41, 5.74) is 2.61. The first-order chi connectivity index (χ1) is 18.8. The maximum absolute atomic E-state index is 13.5. The highest BCUT2D eigenvalue weighted by Gasteiger charge is 2.28. The third-order valence-electron chi connectivity index (χ3n) is 6.22. The van der Waals surface area contributed by atoms with Gasteiger partial charge in [-0.3, -0.25) is 4.72 Å². The molecule has 0 bridgehead atoms. The van der Waals surface area contributed by atoms with E-state index in [0.717, 1.165) is 17.3 Å². The molecule has 13 heteroatoms. The molecule has 4 aromatic heterocycles. The molecule has 5 rings (SSSR count). The lowest BCUT2D eigenvalue weighted by Crippen LogP contribution is -2.50. The number of fused-ring (bicyclic) bond motifs is 1. The highest BCUT2D eigenvalue weighted by atomic mass is 32.2. The van der Waals surface area contributed by atoms with Crippen molar-refractivity contribution < 1.29 is 17.5 Å². The standard InChI is InChI=1S/C26H23FN8O3S/c1-3-18-11-21(16-30-26(18)27)32-39(36,37)34-9-7-33(8-10-34)24-6-5-19(14-29-24)23-12-22(38-4-2)17-35-25(23)20(13-28)15-31-35/h1,5-6,11-12,14-17,32H,4,7-10H2,2H3. The van der Waals surface area contributed by atoms with Gasteiger partial charge in [-0.1, -0.05) is 5.92 Å². The molecule has 5 heterocycles. The Balaban J connectivity index is 1.30. The Kier molecular flexibility index (Phi) is 7.02. The van der Waals surface area contributed by atoms with Gasteiger partial charge in [0.05, 0.1) is 47.5 Å². The van der Waals surface area contributed by atoms with Gasteiger partial charge in [-0.2, -0.15) is 27.5 Å². The Morgan fingerprint density at radius 2 is 1.92 bits per heavy atom. The van der Waals surface area contributed by atoms with Crippen molar-refractivity contribution in [3.05, 3.63) is 66.1 Å². The van der Waals surface area contributed by atoms with Crippen molar-refractivity contribution in [1.82, 2.24) is 23.9 Å². The average Bonchev–Trinajstić information content (AvgIpc) is 3.37. The molecule has 1 N–H and O–H groups in total. The number of nitriles is 1. The molecule has 0 amide bonds. The van der Waals surface area contributed by atoms with Crippen LogP contribution in [0, 0.1) is 29.6 Å². The molecule has 1 saturated heterocycles. The van der Waals surface area contributed by atoms with Crippen molar-refractivity contribution in [3.63, 3.8) is 0 Å². The van der Waals surface area contributed by atoms with Crippen LogP contribution < -0.4 is 14.4 Å². The molecule has 4 aromatic rings. The SMILES string of the molecule is C#Cc1cc(NS(=O)(=O)N2CCN(c3ccc(-c4cc(OCC)cn5ncc(C#N)c45)cn3)CC2)cnc1F. The summed E-state index contributed by atoms with van der Waals surface area (Å²) in [5, 5.41) is 13.8. The lowest BCUT2D eigenvalue weighted by atomic mass is 10.1. The lowest BCUT2D eigenvalue weighted by Gasteiger charge is -2.34. The minimum absolute atomic E-state index is 0.0873. The van der Waals surface area contributed by atoms with E-state index < -0.39 is 16.2 Å². The Morgan fingerprint density at radius 3 is 2.59 bits per heavy atom. The van der Waals surface area contributed by atoms with Crippen LogP contribution in [0.3, 0.4) is 0 Å². The second-order valence-electron chi connectivity index (χ2n) is 8.59. The number of anilines is 2. The Bertz CT molecular complexity index is 1720. The lowest BCUT2D eigenvalue weighted by molar-refractivity contribution is 0.338. The molecule has 11 nitrogen and oxygen atoms in total. The van der Waals surface area contributed by atoms with Crippen LogP contribution in [0.2, 0.25) is 0 Å². The topological polar surface area (TPSA) is 129 Å². The predicted octanol–water partition coefficient (Wildman–Crippen LogP) is 2.66. The molecule has 0 aliphatic carbocycles. The highest BCUT2D eigenvalue weighted by Crippen LogP contribution is 2.31. The van der Waals surface area contributed by atoms with Crippen LogP contribution in [-0.2, 0) is 10.2 Å². The van der Waals surface area contributed by atoms with Crippen LogP contribution in [0.4, 0.5) is 15.9 Å². The maximum Gasteiger partial charge on any atom is 0.301 e. The summed E-state index contributed by atoms with van der Waals surface area (Å²) in [7, 11) is -3.89. The number of hydrogen-bond donors (Lipinski definition) is 1. The zero-order chi connectivity index (χ0) is 27.6. The number of aromatic nitrogens is 4. The fourth-order valence-corrected chi connectivity index (χ4v) is 5.54. The summed E-state index contributed by atoms with van der Waals surface area (Å²) >= 11 is 0. The first-order valence-electron chi connectivity index (χ1n) is 12.0. The zero-order valence-corrected chi connectivity index (χ0v) is 21.7. The van der Waals surface area contributed by atoms with Gasteiger partial charge >= 0.3 is 10.2 Å². The van der Waals surface area contributed by atoms with E-state index in [1.807, 2.05) is 30.0 Å². The fourth-order valence-electron chi connectivity index (χ4n) is 4.35. The first-order valence-corrected chi connectivity index (χ1v) is 13.4. The summed E-state index contributed by atoms with van der Waals surface area (Å²) in [6.45, 7) is 3.63. The van der Waals surface area contributed by atoms with E-state index in [1.165, 1.54) is 16.6 Å². The van der Waals surface area contributed by atoms with E-state index in [9.17, 15) is 18.1 Å². The molecular formula is C26H23FN8O3S. The maximum atomic E-state index is 13.5. The fraction of sp³-hybridized carbons (Fsp3) is 0.231. The van der Waals surface area contributed by atoms with Gasteiger partial charge in [0, 0.05) is 43.5 Å². The molecule has 0 radical (unpaired) electrons. The Hall–Kier alpha value is -4.72. The van der Waals surface area contributed by atoms with Crippen LogP contribution in [0.15, 0.2) is 49.1 Å². The largest absolute Gasteiger partial charge is 0.492 e. The summed E-state index contributed by atoms with van der Waals surface area (Å²) in [4.78, 5) is 10.1. The molecule has 0 saturated carbocycles. The molecule has 0 atom stereocenters. The summed E-state index contributed by atoms with van der Waals surface area (Å²) in [6.07, 6.45) is 11.3. The molecule has 1 aliphatic heterocycles. The molecular weight excluding hydrogens is 523 g/mol. The van der Waals surface area contributed by atoms with Crippen LogP contribution >= 0.6 is 0 Å². The monoisotopic (exact) mass is 546 g/mol. The van der Waals surface area contributed by atoms with Crippen LogP contribution in [0.1, 0.15) is 18.1 Å². The third kappa shape index (κ3) is 5.18. The predicted molar refractivity (Wildman–Crippen MR) is 143 cm³/mol. The quantitative estimate of drug-likeness (QED) is 0.277. The number of hydrogen-bond acceptors (Lipinski definition) is 8. The van der Waals surface area contributed by atoms with Crippen LogP contribution in [0.25, 0.3) is 16.6 Å². The van der Waals surface area contributed by atoms with Crippen molar-refractivity contribution in [3.8, 4) is 35.3 Å². The average molecular weight is 547 g/mol. The van der Waals surface area contributed by atoms with Gasteiger partial charge in [-0.25, -0.2) is 14.5 Å². The molecule has 198 valence electrons. The normalized spacial score (nSPS) is 14.1. The second kappa shape index (κ2) is 10.6. The van der Waals surface area contributed by atoms with Crippen molar-refractivity contribution in [2.24, 2.45) is 0 Å². The number of piperazine rings is 1. The van der Waals surface area contributed by atoms with Gasteiger partial charge in [-0.05, 0) is 31.2 Å². The molecule has 1 aliphatic rings. The number of pyridine rings is 3. The van der Waals surface area contributed by atoms with Crippen molar-refractivity contribution >= 4 is 27.2 Å². The Morgan fingerprint density at radius 1 is 1.13 bits per heavy atom. The smallest absolute Gasteiger partial charge is 0.301 e. The molecule has 0 aromatic carbocycles. The van der Waals surface area contributed by atoms with Crippen molar-refractivity contribution in [2.75, 3.05) is 42.4 Å². The number of rotatable bonds is 7. The van der Waals surface area contributed by atoms with E-state index in [-0.39, 0.29) is 24.3 Å². The van der Waals surface area contributed by atoms with Crippen molar-refractivity contribution in [2.45, 2.75) is 6.92 Å². The first kappa shape index (κ1) is 25.9. The molecule has 1 fully saturated rings. The van der Waals surface area contributed by atoms with Gasteiger partial charge in [-0.15, -0.1) is 6.42 Å². The van der Waals surface area contributed by atoms with Crippen LogP contribution in [-0.4, -0.2) is 65.1 Å². The molecule has 0 spiro atoms. The molecule has 39 heavy (non-hydrogen) atoms. The van der Waals surface area contributed by atoms with Gasteiger partial charge < -0.3 is 9.64 Å². The van der Waals surface area contributed by atoms with E-state index in [4.69, 9.17) is 11.2 Å².